The van der Waals surface area contributed by atoms with Crippen molar-refractivity contribution in [3.05, 3.63) is 28.5 Å². The molecular formula is C14H20ClFN2O2S. The van der Waals surface area contributed by atoms with Gasteiger partial charge in [-0.1, -0.05) is 24.4 Å². The molecule has 1 aromatic rings. The predicted octanol–water partition coefficient (Wildman–Crippen LogP) is 2.67. The van der Waals surface area contributed by atoms with Gasteiger partial charge in [0.1, 0.15) is 10.7 Å². The zero-order chi connectivity index (χ0) is 15.6. The quantitative estimate of drug-likeness (QED) is 0.806. The molecule has 0 aliphatic heterocycles. The molecule has 1 aromatic carbocycles. The highest BCUT2D eigenvalue weighted by Gasteiger charge is 2.28. The molecule has 1 saturated carbocycles. The van der Waals surface area contributed by atoms with Crippen molar-refractivity contribution in [1.29, 1.82) is 0 Å². The lowest BCUT2D eigenvalue weighted by atomic mass is 10.2. The van der Waals surface area contributed by atoms with E-state index in [0.717, 1.165) is 25.3 Å². The van der Waals surface area contributed by atoms with E-state index in [9.17, 15) is 12.8 Å². The first-order chi connectivity index (χ1) is 9.83. The Labute approximate surface area is 130 Å². The van der Waals surface area contributed by atoms with E-state index < -0.39 is 15.8 Å². The van der Waals surface area contributed by atoms with Crippen LogP contribution in [0.3, 0.4) is 0 Å². The normalized spacial score (nSPS) is 17.0. The van der Waals surface area contributed by atoms with Crippen LogP contribution < -0.4 is 10.0 Å². The Bertz CT molecular complexity index is 618. The summed E-state index contributed by atoms with van der Waals surface area (Å²) in [5.41, 5.74) is 0.236. The van der Waals surface area contributed by atoms with Gasteiger partial charge in [0.15, 0.2) is 0 Å². The SMILES string of the molecule is CNCc1cc(Cl)cc(S(=O)(=O)NC(C)CC2CC2)c1F. The zero-order valence-corrected chi connectivity index (χ0v) is 13.7. The summed E-state index contributed by atoms with van der Waals surface area (Å²) in [7, 11) is -2.25. The lowest BCUT2D eigenvalue weighted by molar-refractivity contribution is 0.517. The molecule has 1 atom stereocenters. The van der Waals surface area contributed by atoms with Crippen LogP contribution in [-0.2, 0) is 16.6 Å². The first-order valence-electron chi connectivity index (χ1n) is 6.98. The van der Waals surface area contributed by atoms with Gasteiger partial charge < -0.3 is 5.32 Å². The number of nitrogens with one attached hydrogen (secondary N) is 2. The van der Waals surface area contributed by atoms with Gasteiger partial charge in [-0.3, -0.25) is 0 Å². The largest absolute Gasteiger partial charge is 0.316 e. The Hall–Kier alpha value is -0.690. The molecule has 0 saturated heterocycles. The van der Waals surface area contributed by atoms with Crippen LogP contribution in [0.25, 0.3) is 0 Å². The second-order valence-corrected chi connectivity index (χ2v) is 7.73. The number of hydrogen-bond donors (Lipinski definition) is 2. The van der Waals surface area contributed by atoms with Crippen molar-refractivity contribution in [2.24, 2.45) is 5.92 Å². The molecule has 1 unspecified atom stereocenters. The number of halogens is 2. The predicted molar refractivity (Wildman–Crippen MR) is 81.3 cm³/mol. The molecule has 0 aromatic heterocycles. The van der Waals surface area contributed by atoms with E-state index in [1.807, 2.05) is 0 Å². The van der Waals surface area contributed by atoms with Crippen LogP contribution in [0.1, 0.15) is 31.7 Å². The average Bonchev–Trinajstić information content (AvgIpc) is 3.16. The van der Waals surface area contributed by atoms with Crippen molar-refractivity contribution in [1.82, 2.24) is 10.0 Å². The summed E-state index contributed by atoms with van der Waals surface area (Å²) in [6, 6.07) is 2.37. The summed E-state index contributed by atoms with van der Waals surface area (Å²) in [4.78, 5) is -0.386. The third-order valence-corrected chi connectivity index (χ3v) is 5.28. The number of sulfonamides is 1. The van der Waals surface area contributed by atoms with E-state index in [1.54, 1.807) is 14.0 Å². The fourth-order valence-electron chi connectivity index (χ4n) is 2.36. The van der Waals surface area contributed by atoms with Crippen LogP contribution >= 0.6 is 11.6 Å². The summed E-state index contributed by atoms with van der Waals surface area (Å²) < 4.78 is 41.6. The number of hydrogen-bond acceptors (Lipinski definition) is 3. The molecule has 0 bridgehead atoms. The van der Waals surface area contributed by atoms with E-state index in [2.05, 4.69) is 10.0 Å². The molecule has 21 heavy (non-hydrogen) atoms. The lowest BCUT2D eigenvalue weighted by Crippen LogP contribution is -2.33. The zero-order valence-electron chi connectivity index (χ0n) is 12.1. The van der Waals surface area contributed by atoms with Crippen LogP contribution in [0, 0.1) is 11.7 Å². The number of rotatable bonds is 7. The van der Waals surface area contributed by atoms with Crippen molar-refractivity contribution in [2.45, 2.75) is 43.7 Å². The monoisotopic (exact) mass is 334 g/mol. The molecular weight excluding hydrogens is 315 g/mol. The Balaban J connectivity index is 2.25. The highest BCUT2D eigenvalue weighted by atomic mass is 35.5. The maximum Gasteiger partial charge on any atom is 0.243 e. The lowest BCUT2D eigenvalue weighted by Gasteiger charge is -2.15. The molecule has 1 fully saturated rings. The fraction of sp³-hybridized carbons (Fsp3) is 0.571. The molecule has 2 N–H and O–H groups in total. The molecule has 0 amide bonds. The standard InChI is InChI=1S/C14H20ClFN2O2S/c1-9(5-10-3-4-10)18-21(19,20)13-7-12(15)6-11(8-17-2)14(13)16/h6-7,9-10,17-18H,3-5,8H2,1-2H3. The first-order valence-corrected chi connectivity index (χ1v) is 8.84. The minimum Gasteiger partial charge on any atom is -0.316 e. The Morgan fingerprint density at radius 2 is 2.10 bits per heavy atom. The van der Waals surface area contributed by atoms with Gasteiger partial charge >= 0.3 is 0 Å². The molecule has 4 nitrogen and oxygen atoms in total. The average molecular weight is 335 g/mol. The van der Waals surface area contributed by atoms with Gasteiger partial charge in [-0.15, -0.1) is 0 Å². The summed E-state index contributed by atoms with van der Waals surface area (Å²) in [6.45, 7) is 2.01. The van der Waals surface area contributed by atoms with Crippen molar-refractivity contribution < 1.29 is 12.8 Å². The van der Waals surface area contributed by atoms with E-state index in [1.165, 1.54) is 6.07 Å². The van der Waals surface area contributed by atoms with Gasteiger partial charge in [-0.05, 0) is 38.4 Å². The molecule has 0 radical (unpaired) electrons. The summed E-state index contributed by atoms with van der Waals surface area (Å²) in [5, 5.41) is 3.00. The minimum absolute atomic E-state index is 0.205. The van der Waals surface area contributed by atoms with Crippen LogP contribution in [0.4, 0.5) is 4.39 Å². The van der Waals surface area contributed by atoms with E-state index >= 15 is 0 Å². The fourth-order valence-corrected chi connectivity index (χ4v) is 4.07. The summed E-state index contributed by atoms with van der Waals surface area (Å²) >= 11 is 5.91. The molecule has 1 aliphatic rings. The Kier molecular flexibility index (Phi) is 5.24. The minimum atomic E-state index is -3.91. The van der Waals surface area contributed by atoms with E-state index in [4.69, 9.17) is 11.6 Å². The van der Waals surface area contributed by atoms with Crippen LogP contribution in [0.2, 0.25) is 5.02 Å². The van der Waals surface area contributed by atoms with Gasteiger partial charge in [0, 0.05) is 23.2 Å². The van der Waals surface area contributed by atoms with Crippen LogP contribution in [0.5, 0.6) is 0 Å². The Morgan fingerprint density at radius 3 is 2.67 bits per heavy atom. The Morgan fingerprint density at radius 1 is 1.43 bits per heavy atom. The summed E-state index contributed by atoms with van der Waals surface area (Å²) in [6.07, 6.45) is 3.07. The highest BCUT2D eigenvalue weighted by molar-refractivity contribution is 7.89. The third-order valence-electron chi connectivity index (χ3n) is 3.48. The van der Waals surface area contributed by atoms with Crippen LogP contribution in [-0.4, -0.2) is 21.5 Å². The van der Waals surface area contributed by atoms with E-state index in [-0.39, 0.29) is 28.1 Å². The van der Waals surface area contributed by atoms with Gasteiger partial charge in [0.25, 0.3) is 0 Å². The second kappa shape index (κ2) is 6.60. The van der Waals surface area contributed by atoms with Crippen LogP contribution in [0.15, 0.2) is 17.0 Å². The highest BCUT2D eigenvalue weighted by Crippen LogP contribution is 2.34. The van der Waals surface area contributed by atoms with Crippen molar-refractivity contribution >= 4 is 21.6 Å². The number of benzene rings is 1. The molecule has 2 rings (SSSR count). The smallest absolute Gasteiger partial charge is 0.243 e. The van der Waals surface area contributed by atoms with Gasteiger partial charge in [0.05, 0.1) is 0 Å². The second-order valence-electron chi connectivity index (χ2n) is 5.61. The maximum atomic E-state index is 14.3. The molecule has 7 heteroatoms. The maximum absolute atomic E-state index is 14.3. The van der Waals surface area contributed by atoms with Gasteiger partial charge in [-0.2, -0.15) is 0 Å². The topological polar surface area (TPSA) is 58.2 Å². The van der Waals surface area contributed by atoms with Gasteiger partial charge in [-0.25, -0.2) is 17.5 Å². The summed E-state index contributed by atoms with van der Waals surface area (Å²) in [5.74, 6) is -0.161. The molecule has 0 heterocycles. The third kappa shape index (κ3) is 4.39. The molecule has 0 spiro atoms. The van der Waals surface area contributed by atoms with Gasteiger partial charge in [0.2, 0.25) is 10.0 Å². The first kappa shape index (κ1) is 16.7. The molecule has 118 valence electrons. The van der Waals surface area contributed by atoms with E-state index in [0.29, 0.717) is 5.92 Å². The van der Waals surface area contributed by atoms with Crippen molar-refractivity contribution in [3.8, 4) is 0 Å². The van der Waals surface area contributed by atoms with Crippen molar-refractivity contribution in [3.63, 3.8) is 0 Å². The molecule has 1 aliphatic carbocycles. The van der Waals surface area contributed by atoms with Crippen molar-refractivity contribution in [2.75, 3.05) is 7.05 Å².